The van der Waals surface area contributed by atoms with Gasteiger partial charge in [0.1, 0.15) is 11.5 Å². The number of aromatic amines is 2. The molecule has 8 nitrogen and oxygen atoms in total. The van der Waals surface area contributed by atoms with Crippen LogP contribution < -0.4 is 5.32 Å². The molecule has 1 amide bonds. The minimum Gasteiger partial charge on any atom is -0.351 e. The summed E-state index contributed by atoms with van der Waals surface area (Å²) in [6, 6.07) is 17.8. The highest BCUT2D eigenvalue weighted by molar-refractivity contribution is 5.99. The molecule has 1 saturated heterocycles. The fourth-order valence-electron chi connectivity index (χ4n) is 4.66. The topological polar surface area (TPSA) is 103 Å². The zero-order valence-corrected chi connectivity index (χ0v) is 20.2. The minimum atomic E-state index is 0.0555. The summed E-state index contributed by atoms with van der Waals surface area (Å²) in [6.45, 7) is 6.02. The number of amides is 1. The first kappa shape index (κ1) is 22.0. The number of hydrogen-bond donors (Lipinski definition) is 3. The van der Waals surface area contributed by atoms with Crippen molar-refractivity contribution in [2.45, 2.75) is 20.3 Å². The van der Waals surface area contributed by atoms with Crippen LogP contribution in [0.2, 0.25) is 0 Å². The van der Waals surface area contributed by atoms with Gasteiger partial charge in [-0.2, -0.15) is 5.10 Å². The molecule has 0 aliphatic carbocycles. The normalized spacial score (nSPS) is 14.6. The maximum absolute atomic E-state index is 12.9. The van der Waals surface area contributed by atoms with E-state index in [0.717, 1.165) is 52.8 Å². The van der Waals surface area contributed by atoms with E-state index < -0.39 is 0 Å². The van der Waals surface area contributed by atoms with Crippen LogP contribution in [0.15, 0.2) is 73.2 Å². The molecule has 0 saturated carbocycles. The molecule has 1 fully saturated rings. The molecule has 0 bridgehead atoms. The van der Waals surface area contributed by atoms with Gasteiger partial charge >= 0.3 is 0 Å². The molecule has 180 valence electrons. The van der Waals surface area contributed by atoms with Crippen molar-refractivity contribution in [3.8, 4) is 22.5 Å². The van der Waals surface area contributed by atoms with E-state index in [2.05, 4.69) is 39.3 Å². The molecule has 36 heavy (non-hydrogen) atoms. The number of H-pyrrole nitrogens is 2. The molecule has 0 spiro atoms. The Balaban J connectivity index is 1.20. The van der Waals surface area contributed by atoms with Crippen LogP contribution >= 0.6 is 0 Å². The van der Waals surface area contributed by atoms with Crippen LogP contribution in [0, 0.1) is 5.41 Å². The lowest BCUT2D eigenvalue weighted by Gasteiger charge is -2.47. The van der Waals surface area contributed by atoms with Crippen molar-refractivity contribution in [2.24, 2.45) is 5.41 Å². The number of carbonyl (C=O) groups excluding carboxylic acids is 1. The summed E-state index contributed by atoms with van der Waals surface area (Å²) in [7, 11) is 0. The molecule has 2 aromatic carbocycles. The zero-order valence-electron chi connectivity index (χ0n) is 20.2. The maximum Gasteiger partial charge on any atom is 0.270 e. The van der Waals surface area contributed by atoms with Gasteiger partial charge in [0.05, 0.1) is 6.20 Å². The predicted octanol–water partition coefficient (Wildman–Crippen LogP) is 5.63. The number of carbonyl (C=O) groups is 1. The van der Waals surface area contributed by atoms with Crippen LogP contribution in [-0.4, -0.2) is 49.0 Å². The first-order valence-corrected chi connectivity index (χ1v) is 12.1. The van der Waals surface area contributed by atoms with Gasteiger partial charge in [0.2, 0.25) is 0 Å². The summed E-state index contributed by atoms with van der Waals surface area (Å²) < 4.78 is 0. The van der Waals surface area contributed by atoms with Crippen LogP contribution in [0.1, 0.15) is 30.8 Å². The highest BCUT2D eigenvalue weighted by Gasteiger charge is 2.40. The smallest absolute Gasteiger partial charge is 0.270 e. The molecule has 6 rings (SSSR count). The minimum absolute atomic E-state index is 0.0555. The van der Waals surface area contributed by atoms with Gasteiger partial charge < -0.3 is 15.2 Å². The van der Waals surface area contributed by atoms with Crippen LogP contribution in [-0.2, 0) is 0 Å². The Morgan fingerprint density at radius 3 is 2.61 bits per heavy atom. The summed E-state index contributed by atoms with van der Waals surface area (Å²) in [5, 5.41) is 11.2. The van der Waals surface area contributed by atoms with Crippen molar-refractivity contribution >= 4 is 28.3 Å². The average Bonchev–Trinajstić information content (AvgIpc) is 3.57. The Morgan fingerprint density at radius 2 is 1.86 bits per heavy atom. The molecule has 0 unspecified atom stereocenters. The molecule has 3 N–H and O–H groups in total. The van der Waals surface area contributed by atoms with Gasteiger partial charge in [0.15, 0.2) is 5.82 Å². The Bertz CT molecular complexity index is 1530. The van der Waals surface area contributed by atoms with Gasteiger partial charge in [0, 0.05) is 58.6 Å². The third-order valence-corrected chi connectivity index (χ3v) is 7.04. The Hall–Kier alpha value is -4.46. The molecule has 8 heteroatoms. The fraction of sp³-hybridized carbons (Fsp3) is 0.214. The third-order valence-electron chi connectivity index (χ3n) is 7.04. The van der Waals surface area contributed by atoms with E-state index >= 15 is 0 Å². The molecule has 1 aliphatic heterocycles. The molecule has 0 radical (unpaired) electrons. The number of benzene rings is 2. The Labute approximate surface area is 208 Å². The highest BCUT2D eigenvalue weighted by atomic mass is 16.2. The lowest BCUT2D eigenvalue weighted by atomic mass is 9.79. The van der Waals surface area contributed by atoms with Crippen molar-refractivity contribution in [2.75, 3.05) is 18.4 Å². The Morgan fingerprint density at radius 1 is 1.06 bits per heavy atom. The Kier molecular flexibility index (Phi) is 5.29. The molecule has 5 aromatic rings. The summed E-state index contributed by atoms with van der Waals surface area (Å²) >= 11 is 0. The average molecular weight is 478 g/mol. The van der Waals surface area contributed by atoms with Crippen LogP contribution in [0.5, 0.6) is 0 Å². The van der Waals surface area contributed by atoms with E-state index in [0.29, 0.717) is 17.3 Å². The van der Waals surface area contributed by atoms with E-state index in [1.165, 1.54) is 0 Å². The SMILES string of the molecule is CCC1(C)CN(C(=O)c2cc3ccc(-c4nccc(Nc5ccc(-c6cn[nH]c6)cc5)n4)cc3[nH]2)C1. The standard InChI is InChI=1S/C28H27N7O/c1-3-28(2)16-35(17-28)27(36)24-12-19-4-5-20(13-23(19)33-24)26-29-11-10-25(34-26)32-22-8-6-18(7-9-22)21-14-30-31-15-21/h4-15,33H,3,16-17H2,1-2H3,(H,30,31)(H,29,32,34). The second kappa shape index (κ2) is 8.64. The zero-order chi connectivity index (χ0) is 24.7. The quantitative estimate of drug-likeness (QED) is 0.294. The van der Waals surface area contributed by atoms with Gasteiger partial charge in [-0.25, -0.2) is 9.97 Å². The van der Waals surface area contributed by atoms with Crippen molar-refractivity contribution in [3.63, 3.8) is 0 Å². The van der Waals surface area contributed by atoms with Gasteiger partial charge in [-0.15, -0.1) is 0 Å². The lowest BCUT2D eigenvalue weighted by molar-refractivity contribution is 0.0130. The van der Waals surface area contributed by atoms with E-state index in [4.69, 9.17) is 4.98 Å². The third kappa shape index (κ3) is 4.11. The lowest BCUT2D eigenvalue weighted by Crippen LogP contribution is -2.56. The van der Waals surface area contributed by atoms with Crippen molar-refractivity contribution in [1.29, 1.82) is 0 Å². The first-order valence-electron chi connectivity index (χ1n) is 12.1. The first-order chi connectivity index (χ1) is 17.5. The van der Waals surface area contributed by atoms with Gasteiger partial charge in [-0.1, -0.05) is 38.1 Å². The number of fused-ring (bicyclic) bond motifs is 1. The van der Waals surface area contributed by atoms with E-state index in [1.54, 1.807) is 12.4 Å². The molecule has 1 aliphatic rings. The number of hydrogen-bond acceptors (Lipinski definition) is 5. The number of nitrogens with zero attached hydrogens (tertiary/aromatic N) is 4. The van der Waals surface area contributed by atoms with Crippen molar-refractivity contribution in [1.82, 2.24) is 30.0 Å². The summed E-state index contributed by atoms with van der Waals surface area (Å²) in [5.41, 5.74) is 5.70. The van der Waals surface area contributed by atoms with Crippen LogP contribution in [0.4, 0.5) is 11.5 Å². The van der Waals surface area contributed by atoms with Crippen LogP contribution in [0.25, 0.3) is 33.4 Å². The molecular formula is C28H27N7O. The van der Waals surface area contributed by atoms with Gasteiger partial charge in [0.25, 0.3) is 5.91 Å². The number of anilines is 2. The van der Waals surface area contributed by atoms with Crippen molar-refractivity contribution in [3.05, 3.63) is 78.9 Å². The monoisotopic (exact) mass is 477 g/mol. The molecular weight excluding hydrogens is 450 g/mol. The highest BCUT2D eigenvalue weighted by Crippen LogP contribution is 2.34. The fourth-order valence-corrected chi connectivity index (χ4v) is 4.66. The van der Waals surface area contributed by atoms with Gasteiger partial charge in [-0.05, 0) is 42.3 Å². The summed E-state index contributed by atoms with van der Waals surface area (Å²) in [6.07, 6.45) is 6.49. The largest absolute Gasteiger partial charge is 0.351 e. The number of likely N-dealkylation sites (tertiary alicyclic amines) is 1. The van der Waals surface area contributed by atoms with Crippen molar-refractivity contribution < 1.29 is 4.79 Å². The molecule has 0 atom stereocenters. The summed E-state index contributed by atoms with van der Waals surface area (Å²) in [5.74, 6) is 1.37. The summed E-state index contributed by atoms with van der Waals surface area (Å²) in [4.78, 5) is 27.3. The van der Waals surface area contributed by atoms with E-state index in [1.807, 2.05) is 65.7 Å². The van der Waals surface area contributed by atoms with Gasteiger partial charge in [-0.3, -0.25) is 9.89 Å². The number of nitrogens with one attached hydrogen (secondary N) is 3. The van der Waals surface area contributed by atoms with Crippen LogP contribution in [0.3, 0.4) is 0 Å². The number of aromatic nitrogens is 5. The molecule has 4 heterocycles. The second-order valence-electron chi connectivity index (χ2n) is 9.77. The van der Waals surface area contributed by atoms with E-state index in [9.17, 15) is 4.79 Å². The molecule has 3 aromatic heterocycles. The second-order valence-corrected chi connectivity index (χ2v) is 9.77. The predicted molar refractivity (Wildman–Crippen MR) is 141 cm³/mol. The maximum atomic E-state index is 12.9. The number of rotatable bonds is 6. The van der Waals surface area contributed by atoms with E-state index in [-0.39, 0.29) is 11.3 Å².